The summed E-state index contributed by atoms with van der Waals surface area (Å²) in [6.07, 6.45) is 2.56. The lowest BCUT2D eigenvalue weighted by molar-refractivity contribution is 0.0925. The summed E-state index contributed by atoms with van der Waals surface area (Å²) in [6.45, 7) is 3.80. The van der Waals surface area contributed by atoms with Crippen LogP contribution >= 0.6 is 0 Å². The second-order valence-corrected chi connectivity index (χ2v) is 5.53. The van der Waals surface area contributed by atoms with Gasteiger partial charge in [-0.3, -0.25) is 10.2 Å². The van der Waals surface area contributed by atoms with E-state index in [0.717, 1.165) is 17.7 Å². The lowest BCUT2D eigenvalue weighted by atomic mass is 10.0. The summed E-state index contributed by atoms with van der Waals surface area (Å²) >= 11 is 0. The molecule has 120 valence electrons. The van der Waals surface area contributed by atoms with Crippen LogP contribution in [0.3, 0.4) is 0 Å². The maximum Gasteiger partial charge on any atom is 0.265 e. The van der Waals surface area contributed by atoms with E-state index in [-0.39, 0.29) is 11.9 Å². The van der Waals surface area contributed by atoms with E-state index in [1.54, 1.807) is 12.1 Å². The van der Waals surface area contributed by atoms with Gasteiger partial charge in [-0.1, -0.05) is 36.4 Å². The molecule has 0 aliphatic carbocycles. The zero-order chi connectivity index (χ0) is 16.7. The summed E-state index contributed by atoms with van der Waals surface area (Å²) < 4.78 is 0. The van der Waals surface area contributed by atoms with Crippen molar-refractivity contribution in [3.63, 3.8) is 0 Å². The number of nitrogens with one attached hydrogen (secondary N) is 2. The molecule has 2 N–H and O–H groups in total. The minimum absolute atomic E-state index is 0.0172. The molecular weight excluding hydrogens is 286 g/mol. The highest BCUT2D eigenvalue weighted by Crippen LogP contribution is 2.20. The zero-order valence-corrected chi connectivity index (χ0v) is 13.6. The maximum absolute atomic E-state index is 12.1. The average Bonchev–Trinajstić information content (AvgIpc) is 2.59. The van der Waals surface area contributed by atoms with Gasteiger partial charge in [0.25, 0.3) is 5.91 Å². The highest BCUT2D eigenvalue weighted by Gasteiger charge is 2.12. The summed E-state index contributed by atoms with van der Waals surface area (Å²) in [5, 5.41) is 0. The molecular formula is C19H23N3O. The predicted octanol–water partition coefficient (Wildman–Crippen LogP) is 3.30. The van der Waals surface area contributed by atoms with Crippen molar-refractivity contribution >= 4 is 11.6 Å². The van der Waals surface area contributed by atoms with E-state index in [0.29, 0.717) is 5.56 Å². The second kappa shape index (κ2) is 8.15. The number of rotatable bonds is 7. The molecule has 2 rings (SSSR count). The van der Waals surface area contributed by atoms with Crippen LogP contribution in [0.15, 0.2) is 67.3 Å². The first-order valence-corrected chi connectivity index (χ1v) is 7.61. The Morgan fingerprint density at radius 3 is 2.35 bits per heavy atom. The van der Waals surface area contributed by atoms with Gasteiger partial charge in [0, 0.05) is 25.3 Å². The number of nitrogens with zero attached hydrogens (tertiary/aromatic N) is 1. The molecule has 0 bridgehead atoms. The number of amides is 1. The standard InChI is InChI=1S/C19H23N3O/c1-4-8-18(15-11-13-17(14-12-15)22(2)3)20-21-19(23)16-9-6-5-7-10-16/h4-7,9-14,18,20H,1,8H2,2-3H3,(H,21,23). The molecule has 4 heteroatoms. The largest absolute Gasteiger partial charge is 0.378 e. The fourth-order valence-electron chi connectivity index (χ4n) is 2.26. The number of hydrazine groups is 1. The van der Waals surface area contributed by atoms with Crippen LogP contribution in [0, 0.1) is 0 Å². The maximum atomic E-state index is 12.1. The summed E-state index contributed by atoms with van der Waals surface area (Å²) in [6, 6.07) is 17.4. The van der Waals surface area contributed by atoms with Gasteiger partial charge in [0.1, 0.15) is 0 Å². The minimum Gasteiger partial charge on any atom is -0.378 e. The molecule has 0 aromatic heterocycles. The van der Waals surface area contributed by atoms with Crippen molar-refractivity contribution in [1.82, 2.24) is 10.9 Å². The molecule has 4 nitrogen and oxygen atoms in total. The zero-order valence-electron chi connectivity index (χ0n) is 13.6. The van der Waals surface area contributed by atoms with Crippen molar-refractivity contribution in [2.75, 3.05) is 19.0 Å². The number of carbonyl (C=O) groups is 1. The average molecular weight is 309 g/mol. The molecule has 0 spiro atoms. The Balaban J connectivity index is 2.03. The van der Waals surface area contributed by atoms with Gasteiger partial charge < -0.3 is 4.90 Å². The van der Waals surface area contributed by atoms with Crippen LogP contribution in [0.1, 0.15) is 28.4 Å². The monoisotopic (exact) mass is 309 g/mol. The number of carbonyl (C=O) groups excluding carboxylic acids is 1. The molecule has 0 heterocycles. The van der Waals surface area contributed by atoms with Crippen LogP contribution in [-0.4, -0.2) is 20.0 Å². The van der Waals surface area contributed by atoms with Gasteiger partial charge in [-0.2, -0.15) is 0 Å². The van der Waals surface area contributed by atoms with Gasteiger partial charge in [0.15, 0.2) is 0 Å². The molecule has 0 saturated heterocycles. The van der Waals surface area contributed by atoms with Crippen LogP contribution in [0.2, 0.25) is 0 Å². The third-order valence-electron chi connectivity index (χ3n) is 3.61. The Kier molecular flexibility index (Phi) is 5.94. The van der Waals surface area contributed by atoms with Gasteiger partial charge in [0.05, 0.1) is 6.04 Å². The van der Waals surface area contributed by atoms with Gasteiger partial charge in [-0.05, 0) is 36.2 Å². The van der Waals surface area contributed by atoms with Crippen LogP contribution in [0.4, 0.5) is 5.69 Å². The summed E-state index contributed by atoms with van der Waals surface area (Å²) in [5.41, 5.74) is 8.74. The van der Waals surface area contributed by atoms with Gasteiger partial charge in [-0.25, -0.2) is 5.43 Å². The molecule has 0 radical (unpaired) electrons. The van der Waals surface area contributed by atoms with Crippen molar-refractivity contribution < 1.29 is 4.79 Å². The predicted molar refractivity (Wildman–Crippen MR) is 95.4 cm³/mol. The summed E-state index contributed by atoms with van der Waals surface area (Å²) in [4.78, 5) is 14.2. The van der Waals surface area contributed by atoms with Crippen LogP contribution in [0.25, 0.3) is 0 Å². The van der Waals surface area contributed by atoms with Crippen molar-refractivity contribution in [1.29, 1.82) is 0 Å². The van der Waals surface area contributed by atoms with Crippen LogP contribution in [-0.2, 0) is 0 Å². The minimum atomic E-state index is -0.149. The fraction of sp³-hybridized carbons (Fsp3) is 0.211. The molecule has 0 fully saturated rings. The van der Waals surface area contributed by atoms with E-state index in [1.807, 2.05) is 38.4 Å². The molecule has 0 saturated carbocycles. The summed E-state index contributed by atoms with van der Waals surface area (Å²) in [7, 11) is 4.02. The Morgan fingerprint density at radius 1 is 1.13 bits per heavy atom. The Hall–Kier alpha value is -2.59. The first-order valence-electron chi connectivity index (χ1n) is 7.61. The van der Waals surface area contributed by atoms with Crippen LogP contribution < -0.4 is 15.8 Å². The Bertz CT molecular complexity index is 635. The van der Waals surface area contributed by atoms with Gasteiger partial charge in [-0.15, -0.1) is 6.58 Å². The van der Waals surface area contributed by atoms with E-state index in [4.69, 9.17) is 0 Å². The highest BCUT2D eigenvalue weighted by atomic mass is 16.2. The van der Waals surface area contributed by atoms with Gasteiger partial charge in [0.2, 0.25) is 0 Å². The third kappa shape index (κ3) is 4.69. The molecule has 0 aliphatic heterocycles. The van der Waals surface area contributed by atoms with Crippen molar-refractivity contribution in [2.45, 2.75) is 12.5 Å². The highest BCUT2D eigenvalue weighted by molar-refractivity contribution is 5.93. The molecule has 1 amide bonds. The molecule has 23 heavy (non-hydrogen) atoms. The number of hydrogen-bond acceptors (Lipinski definition) is 3. The quantitative estimate of drug-likeness (QED) is 0.609. The smallest absolute Gasteiger partial charge is 0.265 e. The first kappa shape index (κ1) is 16.8. The number of hydrogen-bond donors (Lipinski definition) is 2. The van der Waals surface area contributed by atoms with E-state index in [2.05, 4.69) is 46.6 Å². The van der Waals surface area contributed by atoms with Crippen LogP contribution in [0.5, 0.6) is 0 Å². The second-order valence-electron chi connectivity index (χ2n) is 5.53. The van der Waals surface area contributed by atoms with Gasteiger partial charge >= 0.3 is 0 Å². The summed E-state index contributed by atoms with van der Waals surface area (Å²) in [5.74, 6) is -0.149. The van der Waals surface area contributed by atoms with Crippen molar-refractivity contribution in [2.24, 2.45) is 0 Å². The van der Waals surface area contributed by atoms with Crippen molar-refractivity contribution in [3.05, 3.63) is 78.4 Å². The first-order chi connectivity index (χ1) is 11.1. The number of benzene rings is 2. The molecule has 2 aromatic carbocycles. The lowest BCUT2D eigenvalue weighted by Gasteiger charge is -2.20. The van der Waals surface area contributed by atoms with E-state index < -0.39 is 0 Å². The SMILES string of the molecule is C=CCC(NNC(=O)c1ccccc1)c1ccc(N(C)C)cc1. The Morgan fingerprint density at radius 2 is 1.78 bits per heavy atom. The van der Waals surface area contributed by atoms with E-state index in [9.17, 15) is 4.79 Å². The normalized spacial score (nSPS) is 11.6. The Labute approximate surface area is 137 Å². The fourth-order valence-corrected chi connectivity index (χ4v) is 2.26. The van der Waals surface area contributed by atoms with E-state index in [1.165, 1.54) is 0 Å². The topological polar surface area (TPSA) is 44.4 Å². The molecule has 2 aromatic rings. The van der Waals surface area contributed by atoms with Crippen molar-refractivity contribution in [3.8, 4) is 0 Å². The third-order valence-corrected chi connectivity index (χ3v) is 3.61. The number of anilines is 1. The molecule has 1 unspecified atom stereocenters. The lowest BCUT2D eigenvalue weighted by Crippen LogP contribution is -2.39. The molecule has 0 aliphatic rings. The molecule has 1 atom stereocenters. The van der Waals surface area contributed by atoms with E-state index >= 15 is 0 Å².